The summed E-state index contributed by atoms with van der Waals surface area (Å²) in [7, 11) is 0. The van der Waals surface area contributed by atoms with Crippen molar-refractivity contribution in [2.24, 2.45) is 17.6 Å². The average Bonchev–Trinajstić information content (AvgIpc) is 1.88. The molecule has 64 valence electrons. The molecule has 2 nitrogen and oxygen atoms in total. The largest absolute Gasteiger partial charge is 0.328 e. The molecule has 0 heterocycles. The Balaban J connectivity index is 3.81. The molecular weight excluding hydrogens is 136 g/mol. The van der Waals surface area contributed by atoms with Crippen molar-refractivity contribution in [3.8, 4) is 6.07 Å². The average molecular weight is 154 g/mol. The second-order valence-corrected chi connectivity index (χ2v) is 3.33. The minimum absolute atomic E-state index is 0.181. The Morgan fingerprint density at radius 1 is 1.45 bits per heavy atom. The molecule has 0 aliphatic rings. The molecule has 0 aromatic heterocycles. The summed E-state index contributed by atoms with van der Waals surface area (Å²) >= 11 is 0. The van der Waals surface area contributed by atoms with E-state index in [1.54, 1.807) is 0 Å². The van der Waals surface area contributed by atoms with Gasteiger partial charge in [0, 0.05) is 12.0 Å². The summed E-state index contributed by atoms with van der Waals surface area (Å²) in [4.78, 5) is 0. The Hall–Kier alpha value is -0.550. The van der Waals surface area contributed by atoms with E-state index in [1.807, 2.05) is 13.8 Å². The smallest absolute Gasteiger partial charge is 0.0658 e. The van der Waals surface area contributed by atoms with Crippen LogP contribution in [0.15, 0.2) is 0 Å². The Bertz CT molecular complexity index is 135. The van der Waals surface area contributed by atoms with Crippen LogP contribution in [-0.4, -0.2) is 6.04 Å². The lowest BCUT2D eigenvalue weighted by Gasteiger charge is -2.17. The van der Waals surface area contributed by atoms with Gasteiger partial charge in [-0.1, -0.05) is 13.8 Å². The summed E-state index contributed by atoms with van der Waals surface area (Å²) in [6, 6.07) is 2.52. The van der Waals surface area contributed by atoms with E-state index in [4.69, 9.17) is 11.0 Å². The van der Waals surface area contributed by atoms with Crippen LogP contribution in [0.1, 0.15) is 33.6 Å². The minimum atomic E-state index is 0.181. The third-order valence-corrected chi connectivity index (χ3v) is 2.04. The molecular formula is C9H18N2. The first-order valence-corrected chi connectivity index (χ1v) is 4.27. The van der Waals surface area contributed by atoms with Crippen molar-refractivity contribution in [3.05, 3.63) is 0 Å². The zero-order valence-electron chi connectivity index (χ0n) is 7.67. The molecule has 2 heteroatoms. The SMILES string of the molecule is CCC(C#N)C(C)CC(C)N. The fraction of sp³-hybridized carbons (Fsp3) is 0.889. The third kappa shape index (κ3) is 4.00. The number of nitrogens with two attached hydrogens (primary N) is 1. The molecule has 0 bridgehead atoms. The van der Waals surface area contributed by atoms with E-state index in [9.17, 15) is 0 Å². The topological polar surface area (TPSA) is 49.8 Å². The quantitative estimate of drug-likeness (QED) is 0.672. The zero-order valence-corrected chi connectivity index (χ0v) is 7.67. The van der Waals surface area contributed by atoms with Crippen molar-refractivity contribution in [2.45, 2.75) is 39.7 Å². The summed E-state index contributed by atoms with van der Waals surface area (Å²) in [5, 5.41) is 8.72. The number of nitriles is 1. The van der Waals surface area contributed by atoms with E-state index in [2.05, 4.69) is 13.0 Å². The van der Waals surface area contributed by atoms with Crippen molar-refractivity contribution in [2.75, 3.05) is 0 Å². The highest BCUT2D eigenvalue weighted by atomic mass is 14.6. The van der Waals surface area contributed by atoms with Crippen LogP contribution in [0.4, 0.5) is 0 Å². The highest BCUT2D eigenvalue weighted by Crippen LogP contribution is 2.18. The van der Waals surface area contributed by atoms with Crippen LogP contribution in [-0.2, 0) is 0 Å². The maximum Gasteiger partial charge on any atom is 0.0658 e. The molecule has 0 fully saturated rings. The molecule has 0 aromatic carbocycles. The van der Waals surface area contributed by atoms with Crippen molar-refractivity contribution in [1.82, 2.24) is 0 Å². The third-order valence-electron chi connectivity index (χ3n) is 2.04. The second-order valence-electron chi connectivity index (χ2n) is 3.33. The van der Waals surface area contributed by atoms with Crippen LogP contribution in [0.2, 0.25) is 0 Å². The number of hydrogen-bond acceptors (Lipinski definition) is 2. The molecule has 0 amide bonds. The van der Waals surface area contributed by atoms with Gasteiger partial charge >= 0.3 is 0 Å². The van der Waals surface area contributed by atoms with Gasteiger partial charge in [-0.25, -0.2) is 0 Å². The molecule has 3 unspecified atom stereocenters. The van der Waals surface area contributed by atoms with Crippen molar-refractivity contribution in [1.29, 1.82) is 5.26 Å². The van der Waals surface area contributed by atoms with Gasteiger partial charge in [-0.3, -0.25) is 0 Å². The molecule has 2 N–H and O–H groups in total. The van der Waals surface area contributed by atoms with Crippen LogP contribution in [0, 0.1) is 23.2 Å². The maximum absolute atomic E-state index is 8.72. The molecule has 0 aliphatic heterocycles. The van der Waals surface area contributed by atoms with E-state index in [1.165, 1.54) is 0 Å². The molecule has 0 radical (unpaired) electrons. The summed E-state index contributed by atoms with van der Waals surface area (Å²) < 4.78 is 0. The van der Waals surface area contributed by atoms with Crippen LogP contribution in [0.3, 0.4) is 0 Å². The fourth-order valence-corrected chi connectivity index (χ4v) is 1.37. The van der Waals surface area contributed by atoms with Gasteiger partial charge in [-0.05, 0) is 25.7 Å². The van der Waals surface area contributed by atoms with Crippen molar-refractivity contribution in [3.63, 3.8) is 0 Å². The predicted octanol–water partition coefficient (Wildman–Crippen LogP) is 1.91. The molecule has 0 saturated carbocycles. The minimum Gasteiger partial charge on any atom is -0.328 e. The van der Waals surface area contributed by atoms with Gasteiger partial charge < -0.3 is 5.73 Å². The first kappa shape index (κ1) is 10.4. The number of rotatable bonds is 4. The van der Waals surface area contributed by atoms with Gasteiger partial charge in [0.1, 0.15) is 0 Å². The van der Waals surface area contributed by atoms with E-state index in [0.717, 1.165) is 12.8 Å². The first-order chi connectivity index (χ1) is 5.11. The Kier molecular flexibility index (Phi) is 4.89. The standard InChI is InChI=1S/C9H18N2/c1-4-9(6-10)7(2)5-8(3)11/h7-9H,4-5,11H2,1-3H3. The Morgan fingerprint density at radius 3 is 2.27 bits per heavy atom. The summed E-state index contributed by atoms with van der Waals surface area (Å²) in [6.45, 7) is 6.13. The molecule has 0 aliphatic carbocycles. The summed E-state index contributed by atoms with van der Waals surface area (Å²) in [6.07, 6.45) is 1.89. The second kappa shape index (κ2) is 5.15. The normalized spacial score (nSPS) is 18.5. The Morgan fingerprint density at radius 2 is 2.00 bits per heavy atom. The predicted molar refractivity (Wildman–Crippen MR) is 46.8 cm³/mol. The van der Waals surface area contributed by atoms with Crippen LogP contribution >= 0.6 is 0 Å². The lowest BCUT2D eigenvalue weighted by molar-refractivity contribution is 0.376. The van der Waals surface area contributed by atoms with Gasteiger partial charge in [0.2, 0.25) is 0 Å². The van der Waals surface area contributed by atoms with Crippen molar-refractivity contribution < 1.29 is 0 Å². The summed E-state index contributed by atoms with van der Waals surface area (Å²) in [5.41, 5.74) is 5.63. The van der Waals surface area contributed by atoms with Crippen LogP contribution in [0.25, 0.3) is 0 Å². The summed E-state index contributed by atoms with van der Waals surface area (Å²) in [5.74, 6) is 0.617. The van der Waals surface area contributed by atoms with Gasteiger partial charge in [-0.2, -0.15) is 5.26 Å². The van der Waals surface area contributed by atoms with Crippen LogP contribution < -0.4 is 5.73 Å². The fourth-order valence-electron chi connectivity index (χ4n) is 1.37. The van der Waals surface area contributed by atoms with E-state index >= 15 is 0 Å². The molecule has 11 heavy (non-hydrogen) atoms. The highest BCUT2D eigenvalue weighted by Gasteiger charge is 2.15. The number of hydrogen-bond donors (Lipinski definition) is 1. The van der Waals surface area contributed by atoms with Gasteiger partial charge in [0.05, 0.1) is 6.07 Å². The number of nitrogens with zero attached hydrogens (tertiary/aromatic N) is 1. The lowest BCUT2D eigenvalue weighted by Crippen LogP contribution is -2.21. The van der Waals surface area contributed by atoms with Gasteiger partial charge in [0.25, 0.3) is 0 Å². The zero-order chi connectivity index (χ0) is 8.85. The van der Waals surface area contributed by atoms with E-state index in [-0.39, 0.29) is 12.0 Å². The molecule has 3 atom stereocenters. The monoisotopic (exact) mass is 154 g/mol. The van der Waals surface area contributed by atoms with Crippen molar-refractivity contribution >= 4 is 0 Å². The Labute approximate surface area is 69.4 Å². The van der Waals surface area contributed by atoms with Gasteiger partial charge in [-0.15, -0.1) is 0 Å². The molecule has 0 aromatic rings. The van der Waals surface area contributed by atoms with Gasteiger partial charge in [0.15, 0.2) is 0 Å². The molecule has 0 rings (SSSR count). The van der Waals surface area contributed by atoms with E-state index < -0.39 is 0 Å². The highest BCUT2D eigenvalue weighted by molar-refractivity contribution is 4.86. The molecule has 0 saturated heterocycles. The molecule has 0 spiro atoms. The lowest BCUT2D eigenvalue weighted by atomic mass is 9.88. The first-order valence-electron chi connectivity index (χ1n) is 4.27. The van der Waals surface area contributed by atoms with Crippen LogP contribution in [0.5, 0.6) is 0 Å². The van der Waals surface area contributed by atoms with E-state index in [0.29, 0.717) is 5.92 Å². The maximum atomic E-state index is 8.72.